The second-order valence-corrected chi connectivity index (χ2v) is 3.02. The maximum absolute atomic E-state index is 12.9. The van der Waals surface area contributed by atoms with Crippen LogP contribution in [0.4, 0.5) is 8.78 Å². The topological polar surface area (TPSA) is 67.6 Å². The molecular weight excluding hydrogens is 202 g/mol. The number of hydrogen-bond donors (Lipinski definition) is 2. The van der Waals surface area contributed by atoms with Gasteiger partial charge in [0.1, 0.15) is 12.2 Å². The smallest absolute Gasteiger partial charge is 0.159 e. The van der Waals surface area contributed by atoms with Crippen LogP contribution in [-0.4, -0.2) is 15.2 Å². The van der Waals surface area contributed by atoms with Crippen molar-refractivity contribution in [2.75, 3.05) is 0 Å². The summed E-state index contributed by atoms with van der Waals surface area (Å²) < 4.78 is 25.6. The van der Waals surface area contributed by atoms with Crippen LogP contribution >= 0.6 is 0 Å². The SMILES string of the molecule is NC(c1ccc(F)c(F)c1)c1ncn[nH]1. The molecule has 0 aliphatic rings. The molecule has 1 unspecified atom stereocenters. The van der Waals surface area contributed by atoms with Crippen LogP contribution in [0.15, 0.2) is 24.5 Å². The van der Waals surface area contributed by atoms with Gasteiger partial charge in [0.25, 0.3) is 0 Å². The van der Waals surface area contributed by atoms with Gasteiger partial charge in [-0.1, -0.05) is 6.07 Å². The van der Waals surface area contributed by atoms with E-state index in [0.717, 1.165) is 12.1 Å². The first kappa shape index (κ1) is 9.72. The van der Waals surface area contributed by atoms with E-state index in [9.17, 15) is 8.78 Å². The number of halogens is 2. The van der Waals surface area contributed by atoms with Crippen molar-refractivity contribution in [2.24, 2.45) is 5.73 Å². The van der Waals surface area contributed by atoms with E-state index >= 15 is 0 Å². The zero-order valence-electron chi connectivity index (χ0n) is 7.61. The molecule has 2 aromatic rings. The van der Waals surface area contributed by atoms with Crippen molar-refractivity contribution in [1.82, 2.24) is 15.2 Å². The van der Waals surface area contributed by atoms with Crippen LogP contribution in [0.2, 0.25) is 0 Å². The molecule has 0 fully saturated rings. The average molecular weight is 210 g/mol. The Morgan fingerprint density at radius 2 is 2.07 bits per heavy atom. The predicted molar refractivity (Wildman–Crippen MR) is 48.8 cm³/mol. The summed E-state index contributed by atoms with van der Waals surface area (Å²) in [6.45, 7) is 0. The molecule has 0 radical (unpaired) electrons. The molecule has 0 amide bonds. The molecule has 1 aromatic heterocycles. The van der Waals surface area contributed by atoms with Gasteiger partial charge in [-0.25, -0.2) is 13.8 Å². The number of nitrogens with two attached hydrogens (primary N) is 1. The number of benzene rings is 1. The second-order valence-electron chi connectivity index (χ2n) is 3.02. The van der Waals surface area contributed by atoms with Crippen LogP contribution in [0.1, 0.15) is 17.4 Å². The van der Waals surface area contributed by atoms with E-state index < -0.39 is 17.7 Å². The lowest BCUT2D eigenvalue weighted by molar-refractivity contribution is 0.506. The van der Waals surface area contributed by atoms with E-state index in [1.54, 1.807) is 0 Å². The third-order valence-corrected chi connectivity index (χ3v) is 2.03. The molecule has 0 aliphatic heterocycles. The molecule has 1 atom stereocenters. The van der Waals surface area contributed by atoms with Crippen LogP contribution < -0.4 is 5.73 Å². The number of aromatic amines is 1. The zero-order chi connectivity index (χ0) is 10.8. The van der Waals surface area contributed by atoms with Gasteiger partial charge in [-0.15, -0.1) is 0 Å². The highest BCUT2D eigenvalue weighted by atomic mass is 19.2. The van der Waals surface area contributed by atoms with Gasteiger partial charge in [0.05, 0.1) is 6.04 Å². The van der Waals surface area contributed by atoms with E-state index in [-0.39, 0.29) is 0 Å². The van der Waals surface area contributed by atoms with Crippen molar-refractivity contribution < 1.29 is 8.78 Å². The minimum Gasteiger partial charge on any atom is -0.318 e. The molecule has 0 saturated heterocycles. The van der Waals surface area contributed by atoms with Crippen LogP contribution in [0, 0.1) is 11.6 Å². The molecule has 1 heterocycles. The van der Waals surface area contributed by atoms with Gasteiger partial charge in [-0.05, 0) is 17.7 Å². The van der Waals surface area contributed by atoms with Gasteiger partial charge in [0.15, 0.2) is 11.6 Å². The monoisotopic (exact) mass is 210 g/mol. The van der Waals surface area contributed by atoms with E-state index in [1.807, 2.05) is 0 Å². The minimum atomic E-state index is -0.928. The lowest BCUT2D eigenvalue weighted by atomic mass is 10.1. The maximum Gasteiger partial charge on any atom is 0.159 e. The number of hydrogen-bond acceptors (Lipinski definition) is 3. The summed E-state index contributed by atoms with van der Waals surface area (Å²) in [4.78, 5) is 3.84. The third kappa shape index (κ3) is 1.84. The van der Waals surface area contributed by atoms with Crippen LogP contribution in [-0.2, 0) is 0 Å². The maximum atomic E-state index is 12.9. The molecular formula is C9H8F2N4. The van der Waals surface area contributed by atoms with E-state index in [4.69, 9.17) is 5.73 Å². The normalized spacial score (nSPS) is 12.7. The fraction of sp³-hybridized carbons (Fsp3) is 0.111. The molecule has 3 N–H and O–H groups in total. The Hall–Kier alpha value is -1.82. The van der Waals surface area contributed by atoms with Crippen molar-refractivity contribution in [3.05, 3.63) is 47.5 Å². The molecule has 6 heteroatoms. The predicted octanol–water partition coefficient (Wildman–Crippen LogP) is 1.13. The van der Waals surface area contributed by atoms with Gasteiger partial charge in [-0.2, -0.15) is 5.10 Å². The molecule has 0 aliphatic carbocycles. The number of nitrogens with one attached hydrogen (secondary N) is 1. The first-order chi connectivity index (χ1) is 7.18. The summed E-state index contributed by atoms with van der Waals surface area (Å²) in [5, 5.41) is 6.19. The summed E-state index contributed by atoms with van der Waals surface area (Å²) >= 11 is 0. The van der Waals surface area contributed by atoms with Gasteiger partial charge in [-0.3, -0.25) is 5.10 Å². The Morgan fingerprint density at radius 3 is 2.67 bits per heavy atom. The van der Waals surface area contributed by atoms with Crippen molar-refractivity contribution in [3.8, 4) is 0 Å². The molecule has 2 rings (SSSR count). The highest BCUT2D eigenvalue weighted by molar-refractivity contribution is 5.25. The lowest BCUT2D eigenvalue weighted by Crippen LogP contribution is -2.14. The van der Waals surface area contributed by atoms with E-state index in [0.29, 0.717) is 11.4 Å². The zero-order valence-corrected chi connectivity index (χ0v) is 7.61. The Bertz CT molecular complexity index is 455. The standard InChI is InChI=1S/C9H8F2N4/c10-6-2-1-5(3-7(6)11)8(12)9-13-4-14-15-9/h1-4,8H,12H2,(H,13,14,15). The number of nitrogens with zero attached hydrogens (tertiary/aromatic N) is 2. The summed E-state index contributed by atoms with van der Waals surface area (Å²) in [5.74, 6) is -1.42. The largest absolute Gasteiger partial charge is 0.318 e. The first-order valence-electron chi connectivity index (χ1n) is 4.24. The van der Waals surface area contributed by atoms with Gasteiger partial charge in [0, 0.05) is 0 Å². The van der Waals surface area contributed by atoms with Crippen LogP contribution in [0.25, 0.3) is 0 Å². The number of H-pyrrole nitrogens is 1. The van der Waals surface area contributed by atoms with Gasteiger partial charge >= 0.3 is 0 Å². The van der Waals surface area contributed by atoms with Gasteiger partial charge in [0.2, 0.25) is 0 Å². The molecule has 0 saturated carbocycles. The summed E-state index contributed by atoms with van der Waals surface area (Å²) in [7, 11) is 0. The second kappa shape index (κ2) is 3.74. The molecule has 15 heavy (non-hydrogen) atoms. The minimum absolute atomic E-state index is 0.404. The molecule has 0 spiro atoms. The first-order valence-corrected chi connectivity index (χ1v) is 4.24. The highest BCUT2D eigenvalue weighted by Crippen LogP contribution is 2.17. The summed E-state index contributed by atoms with van der Waals surface area (Å²) in [6.07, 6.45) is 1.30. The Kier molecular flexibility index (Phi) is 2.42. The van der Waals surface area contributed by atoms with Crippen molar-refractivity contribution in [2.45, 2.75) is 6.04 Å². The fourth-order valence-corrected chi connectivity index (χ4v) is 1.23. The van der Waals surface area contributed by atoms with E-state index in [1.165, 1.54) is 12.4 Å². The lowest BCUT2D eigenvalue weighted by Gasteiger charge is -2.08. The molecule has 4 nitrogen and oxygen atoms in total. The Labute approximate surface area is 84.1 Å². The van der Waals surface area contributed by atoms with Crippen molar-refractivity contribution >= 4 is 0 Å². The number of rotatable bonds is 2. The highest BCUT2D eigenvalue weighted by Gasteiger charge is 2.13. The van der Waals surface area contributed by atoms with Crippen molar-refractivity contribution in [1.29, 1.82) is 0 Å². The summed E-state index contributed by atoms with van der Waals surface area (Å²) in [6, 6.07) is 2.84. The molecule has 0 bridgehead atoms. The van der Waals surface area contributed by atoms with Gasteiger partial charge < -0.3 is 5.73 Å². The Morgan fingerprint density at radius 1 is 1.27 bits per heavy atom. The molecule has 78 valence electrons. The quantitative estimate of drug-likeness (QED) is 0.780. The average Bonchev–Trinajstić information content (AvgIpc) is 2.74. The van der Waals surface area contributed by atoms with Crippen LogP contribution in [0.3, 0.4) is 0 Å². The van der Waals surface area contributed by atoms with Crippen molar-refractivity contribution in [3.63, 3.8) is 0 Å². The summed E-state index contributed by atoms with van der Waals surface area (Å²) in [5.41, 5.74) is 6.19. The van der Waals surface area contributed by atoms with E-state index in [2.05, 4.69) is 15.2 Å². The Balaban J connectivity index is 2.34. The molecule has 1 aromatic carbocycles. The number of aromatic nitrogens is 3. The van der Waals surface area contributed by atoms with Crippen LogP contribution in [0.5, 0.6) is 0 Å². The fourth-order valence-electron chi connectivity index (χ4n) is 1.23. The third-order valence-electron chi connectivity index (χ3n) is 2.03.